The summed E-state index contributed by atoms with van der Waals surface area (Å²) in [4.78, 5) is 23.9. The van der Waals surface area contributed by atoms with Gasteiger partial charge in [0, 0.05) is 11.9 Å². The summed E-state index contributed by atoms with van der Waals surface area (Å²) in [5.74, 6) is -1.15. The average molecular weight is 361 g/mol. The third kappa shape index (κ3) is 5.42. The van der Waals surface area contributed by atoms with Crippen molar-refractivity contribution in [1.82, 2.24) is 0 Å². The van der Waals surface area contributed by atoms with Gasteiger partial charge in [-0.2, -0.15) is 0 Å². The van der Waals surface area contributed by atoms with E-state index in [1.807, 2.05) is 32.0 Å². The van der Waals surface area contributed by atoms with Gasteiger partial charge in [0.15, 0.2) is 16.4 Å². The monoisotopic (exact) mass is 361 g/mol. The van der Waals surface area contributed by atoms with Crippen molar-refractivity contribution in [3.05, 3.63) is 59.2 Å². The Morgan fingerprint density at radius 2 is 1.56 bits per heavy atom. The number of aryl methyl sites for hydroxylation is 2. The number of rotatable bonds is 5. The highest BCUT2D eigenvalue weighted by molar-refractivity contribution is 7.90. The molecule has 25 heavy (non-hydrogen) atoms. The van der Waals surface area contributed by atoms with Crippen molar-refractivity contribution in [2.75, 3.05) is 18.2 Å². The summed E-state index contributed by atoms with van der Waals surface area (Å²) in [6.45, 7) is 3.41. The molecule has 1 N–H and O–H groups in total. The second kappa shape index (κ2) is 7.48. The number of amides is 1. The molecule has 0 aromatic heterocycles. The van der Waals surface area contributed by atoms with E-state index in [2.05, 4.69) is 5.32 Å². The van der Waals surface area contributed by atoms with Crippen molar-refractivity contribution in [3.63, 3.8) is 0 Å². The molecule has 6 nitrogen and oxygen atoms in total. The summed E-state index contributed by atoms with van der Waals surface area (Å²) in [6, 6.07) is 11.0. The summed E-state index contributed by atoms with van der Waals surface area (Å²) in [7, 11) is -3.33. The Labute approximate surface area is 146 Å². The van der Waals surface area contributed by atoms with Gasteiger partial charge in [0.25, 0.3) is 5.91 Å². The van der Waals surface area contributed by atoms with Crippen LogP contribution < -0.4 is 5.32 Å². The molecule has 0 spiro atoms. The van der Waals surface area contributed by atoms with Gasteiger partial charge in [0.1, 0.15) is 0 Å². The van der Waals surface area contributed by atoms with Crippen LogP contribution in [-0.2, 0) is 19.4 Å². The normalized spacial score (nSPS) is 11.0. The van der Waals surface area contributed by atoms with Crippen LogP contribution in [0.25, 0.3) is 0 Å². The number of anilines is 1. The first-order valence-corrected chi connectivity index (χ1v) is 9.40. The Morgan fingerprint density at radius 3 is 2.08 bits per heavy atom. The predicted octanol–water partition coefficient (Wildman–Crippen LogP) is 2.50. The summed E-state index contributed by atoms with van der Waals surface area (Å²) in [5, 5.41) is 2.66. The molecule has 0 heterocycles. The molecule has 0 saturated carbocycles. The van der Waals surface area contributed by atoms with Crippen molar-refractivity contribution in [2.45, 2.75) is 18.7 Å². The van der Waals surface area contributed by atoms with E-state index >= 15 is 0 Å². The smallest absolute Gasteiger partial charge is 0.338 e. The lowest BCUT2D eigenvalue weighted by Crippen LogP contribution is -2.21. The number of hydrogen-bond acceptors (Lipinski definition) is 5. The van der Waals surface area contributed by atoms with Crippen LogP contribution in [0.15, 0.2) is 47.4 Å². The van der Waals surface area contributed by atoms with Crippen LogP contribution in [0.1, 0.15) is 21.5 Å². The molecule has 0 aliphatic rings. The fourth-order valence-electron chi connectivity index (χ4n) is 2.30. The molecule has 0 unspecified atom stereocenters. The highest BCUT2D eigenvalue weighted by atomic mass is 32.2. The van der Waals surface area contributed by atoms with Gasteiger partial charge in [0.05, 0.1) is 10.5 Å². The number of carbonyl (C=O) groups is 2. The standard InChI is InChI=1S/C18H19NO5S/c1-12-8-13(2)10-15(9-12)19-17(20)11-24-18(21)14-4-6-16(7-5-14)25(3,22)23/h4-10H,11H2,1-3H3,(H,19,20). The van der Waals surface area contributed by atoms with Crippen molar-refractivity contribution in [3.8, 4) is 0 Å². The number of benzene rings is 2. The molecular weight excluding hydrogens is 342 g/mol. The summed E-state index contributed by atoms with van der Waals surface area (Å²) in [5.41, 5.74) is 2.83. The lowest BCUT2D eigenvalue weighted by molar-refractivity contribution is -0.119. The van der Waals surface area contributed by atoms with Crippen molar-refractivity contribution < 1.29 is 22.7 Å². The van der Waals surface area contributed by atoms with Gasteiger partial charge < -0.3 is 10.1 Å². The lowest BCUT2D eigenvalue weighted by atomic mass is 10.1. The maximum Gasteiger partial charge on any atom is 0.338 e. The van der Waals surface area contributed by atoms with E-state index in [1.54, 1.807) is 0 Å². The molecule has 0 bridgehead atoms. The van der Waals surface area contributed by atoms with E-state index in [0.29, 0.717) is 5.69 Å². The maximum atomic E-state index is 11.9. The molecule has 2 aromatic carbocycles. The highest BCUT2D eigenvalue weighted by Crippen LogP contribution is 2.14. The van der Waals surface area contributed by atoms with Gasteiger partial charge in [-0.3, -0.25) is 4.79 Å². The topological polar surface area (TPSA) is 89.5 Å². The number of esters is 1. The Kier molecular flexibility index (Phi) is 5.58. The Balaban J connectivity index is 1.94. The predicted molar refractivity (Wildman–Crippen MR) is 94.4 cm³/mol. The first-order valence-electron chi connectivity index (χ1n) is 7.50. The second-order valence-corrected chi connectivity index (χ2v) is 7.81. The fourth-order valence-corrected chi connectivity index (χ4v) is 2.93. The number of nitrogens with one attached hydrogen (secondary N) is 1. The fraction of sp³-hybridized carbons (Fsp3) is 0.222. The minimum absolute atomic E-state index is 0.108. The third-order valence-corrected chi connectivity index (χ3v) is 4.49. The van der Waals surface area contributed by atoms with Crippen molar-refractivity contribution in [2.24, 2.45) is 0 Å². The molecule has 0 atom stereocenters. The molecule has 2 rings (SSSR count). The van der Waals surface area contributed by atoms with E-state index < -0.39 is 28.3 Å². The molecule has 0 aliphatic heterocycles. The van der Waals surface area contributed by atoms with Gasteiger partial charge in [-0.05, 0) is 61.4 Å². The van der Waals surface area contributed by atoms with Gasteiger partial charge >= 0.3 is 5.97 Å². The SMILES string of the molecule is Cc1cc(C)cc(NC(=O)COC(=O)c2ccc(S(C)(=O)=O)cc2)c1. The molecular formula is C18H19NO5S. The highest BCUT2D eigenvalue weighted by Gasteiger charge is 2.13. The van der Waals surface area contributed by atoms with E-state index in [1.165, 1.54) is 24.3 Å². The Bertz CT molecular complexity index is 881. The number of sulfone groups is 1. The Hall–Kier alpha value is -2.67. The first-order chi connectivity index (χ1) is 11.6. The van der Waals surface area contributed by atoms with Gasteiger partial charge in [-0.25, -0.2) is 13.2 Å². The summed E-state index contributed by atoms with van der Waals surface area (Å²) < 4.78 is 27.7. The number of carbonyl (C=O) groups excluding carboxylic acids is 2. The zero-order chi connectivity index (χ0) is 18.6. The second-order valence-electron chi connectivity index (χ2n) is 5.80. The molecule has 0 radical (unpaired) electrons. The van der Waals surface area contributed by atoms with E-state index in [0.717, 1.165) is 17.4 Å². The van der Waals surface area contributed by atoms with E-state index in [-0.39, 0.29) is 10.5 Å². The van der Waals surface area contributed by atoms with Crippen LogP contribution in [0.3, 0.4) is 0 Å². The minimum atomic E-state index is -3.33. The molecule has 132 valence electrons. The van der Waals surface area contributed by atoms with Crippen LogP contribution in [-0.4, -0.2) is 33.2 Å². The average Bonchev–Trinajstić information content (AvgIpc) is 2.51. The third-order valence-electron chi connectivity index (χ3n) is 3.36. The van der Waals surface area contributed by atoms with Crippen LogP contribution in [0.5, 0.6) is 0 Å². The van der Waals surface area contributed by atoms with Crippen molar-refractivity contribution in [1.29, 1.82) is 0 Å². The quantitative estimate of drug-likeness (QED) is 0.827. The van der Waals surface area contributed by atoms with Crippen LogP contribution in [0.4, 0.5) is 5.69 Å². The zero-order valence-corrected chi connectivity index (χ0v) is 15.0. The van der Waals surface area contributed by atoms with E-state index in [9.17, 15) is 18.0 Å². The van der Waals surface area contributed by atoms with Crippen LogP contribution >= 0.6 is 0 Å². The lowest BCUT2D eigenvalue weighted by Gasteiger charge is -2.08. The minimum Gasteiger partial charge on any atom is -0.452 e. The largest absolute Gasteiger partial charge is 0.452 e. The molecule has 0 fully saturated rings. The summed E-state index contributed by atoms with van der Waals surface area (Å²) in [6.07, 6.45) is 1.08. The molecule has 7 heteroatoms. The van der Waals surface area contributed by atoms with Crippen LogP contribution in [0, 0.1) is 13.8 Å². The van der Waals surface area contributed by atoms with Crippen molar-refractivity contribution >= 4 is 27.4 Å². The summed E-state index contributed by atoms with van der Waals surface area (Å²) >= 11 is 0. The first kappa shape index (κ1) is 18.7. The van der Waals surface area contributed by atoms with Gasteiger partial charge in [0.2, 0.25) is 0 Å². The number of hydrogen-bond donors (Lipinski definition) is 1. The Morgan fingerprint density at radius 1 is 1.00 bits per heavy atom. The molecule has 2 aromatic rings. The molecule has 0 saturated heterocycles. The van der Waals surface area contributed by atoms with Gasteiger partial charge in [-0.1, -0.05) is 6.07 Å². The zero-order valence-electron chi connectivity index (χ0n) is 14.2. The number of ether oxygens (including phenoxy) is 1. The maximum absolute atomic E-state index is 11.9. The molecule has 1 amide bonds. The van der Waals surface area contributed by atoms with Gasteiger partial charge in [-0.15, -0.1) is 0 Å². The van der Waals surface area contributed by atoms with E-state index in [4.69, 9.17) is 4.74 Å². The van der Waals surface area contributed by atoms with Crippen LogP contribution in [0.2, 0.25) is 0 Å². The molecule has 0 aliphatic carbocycles.